The summed E-state index contributed by atoms with van der Waals surface area (Å²) in [4.78, 5) is 15.1. The lowest BCUT2D eigenvalue weighted by Crippen LogP contribution is -2.49. The first kappa shape index (κ1) is 25.5. The van der Waals surface area contributed by atoms with E-state index < -0.39 is 8.07 Å². The van der Waals surface area contributed by atoms with Crippen LogP contribution in [0.1, 0.15) is 0 Å². The molecule has 0 saturated heterocycles. The van der Waals surface area contributed by atoms with Gasteiger partial charge < -0.3 is 0 Å². The van der Waals surface area contributed by atoms with E-state index in [9.17, 15) is 0 Å². The van der Waals surface area contributed by atoms with Gasteiger partial charge in [-0.2, -0.15) is 0 Å². The number of rotatable bonds is 4. The Kier molecular flexibility index (Phi) is 5.91. The Morgan fingerprint density at radius 2 is 0.837 bits per heavy atom. The van der Waals surface area contributed by atoms with Crippen molar-refractivity contribution >= 4 is 29.2 Å². The molecule has 204 valence electrons. The molecule has 4 heteroatoms. The predicted octanol–water partition coefficient (Wildman–Crippen LogP) is 8.50. The third-order valence-corrected chi connectivity index (χ3v) is 12.2. The van der Waals surface area contributed by atoms with Crippen LogP contribution in [0, 0.1) is 0 Å². The lowest BCUT2D eigenvalue weighted by atomic mass is 9.99. The zero-order valence-corrected chi connectivity index (χ0v) is 25.1. The smallest absolute Gasteiger partial charge is 0.164 e. The average molecular weight is 568 g/mol. The fraction of sp³-hybridized carbons (Fsp3) is 0.0513. The summed E-state index contributed by atoms with van der Waals surface area (Å²) in [6.45, 7) is 4.92. The molecule has 1 aromatic heterocycles. The van der Waals surface area contributed by atoms with Crippen molar-refractivity contribution in [3.63, 3.8) is 0 Å². The van der Waals surface area contributed by atoms with Crippen LogP contribution >= 0.6 is 0 Å². The van der Waals surface area contributed by atoms with Crippen LogP contribution in [0.25, 0.3) is 67.2 Å². The summed E-state index contributed by atoms with van der Waals surface area (Å²) in [5.74, 6) is 2.06. The van der Waals surface area contributed by atoms with Crippen molar-refractivity contribution in [1.29, 1.82) is 0 Å². The maximum absolute atomic E-state index is 5.08. The first-order chi connectivity index (χ1) is 21.0. The van der Waals surface area contributed by atoms with E-state index in [1.54, 1.807) is 0 Å². The van der Waals surface area contributed by atoms with Gasteiger partial charge in [0.1, 0.15) is 8.07 Å². The fourth-order valence-electron chi connectivity index (χ4n) is 6.37. The molecule has 0 amide bonds. The van der Waals surface area contributed by atoms with Gasteiger partial charge in [0.05, 0.1) is 0 Å². The molecule has 0 bridgehead atoms. The van der Waals surface area contributed by atoms with Crippen molar-refractivity contribution in [1.82, 2.24) is 15.0 Å². The molecule has 3 nitrogen and oxygen atoms in total. The maximum Gasteiger partial charge on any atom is 0.164 e. The molecular formula is C39H29N3Si. The highest BCUT2D eigenvalue weighted by atomic mass is 28.3. The molecule has 1 aliphatic heterocycles. The van der Waals surface area contributed by atoms with E-state index >= 15 is 0 Å². The third kappa shape index (κ3) is 4.39. The Bertz CT molecular complexity index is 2150. The minimum Gasteiger partial charge on any atom is -0.208 e. The first-order valence-electron chi connectivity index (χ1n) is 14.7. The molecule has 0 radical (unpaired) electrons. The Balaban J connectivity index is 1.26. The van der Waals surface area contributed by atoms with Crippen molar-refractivity contribution in [3.05, 3.63) is 140 Å². The summed E-state index contributed by atoms with van der Waals surface area (Å²) >= 11 is 0. The van der Waals surface area contributed by atoms with Crippen molar-refractivity contribution < 1.29 is 0 Å². The number of nitrogens with zero attached hydrogens (tertiary/aromatic N) is 3. The zero-order chi connectivity index (χ0) is 29.0. The van der Waals surface area contributed by atoms with Gasteiger partial charge >= 0.3 is 0 Å². The SMILES string of the molecule is C[Si]1(C)c2cc(-c3ccccc3)ccc2-c2ccc(-c3nc(-c4ccccc4)nc(-c4ccc5ccccc5c4)n3)cc21. The lowest BCUT2D eigenvalue weighted by molar-refractivity contribution is 1.07. The van der Waals surface area contributed by atoms with Crippen LogP contribution in [-0.4, -0.2) is 23.0 Å². The Hall–Kier alpha value is -5.19. The highest BCUT2D eigenvalue weighted by Gasteiger charge is 2.38. The number of hydrogen-bond donors (Lipinski definition) is 0. The normalized spacial score (nSPS) is 13.1. The van der Waals surface area contributed by atoms with E-state index in [0.29, 0.717) is 17.5 Å². The molecule has 0 fully saturated rings. The topological polar surface area (TPSA) is 38.7 Å². The van der Waals surface area contributed by atoms with Crippen molar-refractivity contribution in [2.45, 2.75) is 13.1 Å². The van der Waals surface area contributed by atoms with Crippen molar-refractivity contribution in [2.75, 3.05) is 0 Å². The summed E-state index contributed by atoms with van der Waals surface area (Å²) in [6, 6.07) is 49.5. The van der Waals surface area contributed by atoms with Crippen molar-refractivity contribution in [2.24, 2.45) is 0 Å². The van der Waals surface area contributed by atoms with E-state index in [-0.39, 0.29) is 0 Å². The quantitative estimate of drug-likeness (QED) is 0.200. The second-order valence-corrected chi connectivity index (χ2v) is 16.1. The van der Waals surface area contributed by atoms with Gasteiger partial charge in [-0.3, -0.25) is 0 Å². The minimum atomic E-state index is -1.97. The van der Waals surface area contributed by atoms with Gasteiger partial charge in [-0.25, -0.2) is 15.0 Å². The van der Waals surface area contributed by atoms with Gasteiger partial charge in [0.15, 0.2) is 17.5 Å². The molecule has 0 unspecified atom stereocenters. The Labute approximate surface area is 252 Å². The number of hydrogen-bond acceptors (Lipinski definition) is 3. The predicted molar refractivity (Wildman–Crippen MR) is 181 cm³/mol. The van der Waals surface area contributed by atoms with Gasteiger partial charge in [0.25, 0.3) is 0 Å². The molecule has 2 heterocycles. The highest BCUT2D eigenvalue weighted by Crippen LogP contribution is 2.34. The number of aromatic nitrogens is 3. The third-order valence-electron chi connectivity index (χ3n) is 8.72. The van der Waals surface area contributed by atoms with Crippen molar-refractivity contribution in [3.8, 4) is 56.4 Å². The largest absolute Gasteiger partial charge is 0.208 e. The minimum absolute atomic E-state index is 0.682. The molecule has 0 aliphatic carbocycles. The average Bonchev–Trinajstić information content (AvgIpc) is 3.30. The summed E-state index contributed by atoms with van der Waals surface area (Å²) in [7, 11) is -1.97. The van der Waals surface area contributed by atoms with Gasteiger partial charge in [-0.1, -0.05) is 147 Å². The Morgan fingerprint density at radius 3 is 1.49 bits per heavy atom. The van der Waals surface area contributed by atoms with Crippen LogP contribution in [0.15, 0.2) is 140 Å². The van der Waals surface area contributed by atoms with Crippen LogP contribution in [0.2, 0.25) is 13.1 Å². The number of benzene rings is 6. The molecule has 43 heavy (non-hydrogen) atoms. The van der Waals surface area contributed by atoms with E-state index in [2.05, 4.69) is 134 Å². The first-order valence-corrected chi connectivity index (χ1v) is 17.7. The summed E-state index contributed by atoms with van der Waals surface area (Å²) in [5.41, 5.74) is 8.21. The highest BCUT2D eigenvalue weighted by molar-refractivity contribution is 7.03. The summed E-state index contributed by atoms with van der Waals surface area (Å²) in [5, 5.41) is 5.28. The molecule has 0 atom stereocenters. The van der Waals surface area contributed by atoms with E-state index in [1.807, 2.05) is 18.2 Å². The van der Waals surface area contributed by atoms with E-state index in [0.717, 1.165) is 16.7 Å². The number of fused-ring (bicyclic) bond motifs is 4. The zero-order valence-electron chi connectivity index (χ0n) is 24.1. The standard InChI is InChI=1S/C39H29N3Si/c1-43(2)35-24-30(26-11-5-3-6-12-26)19-21-33(35)34-22-20-32(25-36(34)43)39-41-37(28-14-7-4-8-15-28)40-38(42-39)31-18-17-27-13-9-10-16-29(27)23-31/h3-25H,1-2H3. The maximum atomic E-state index is 5.08. The van der Waals surface area contributed by atoms with Crippen LogP contribution in [0.5, 0.6) is 0 Å². The lowest BCUT2D eigenvalue weighted by Gasteiger charge is -2.20. The van der Waals surface area contributed by atoms with E-state index in [1.165, 1.54) is 43.4 Å². The summed E-state index contributed by atoms with van der Waals surface area (Å²) < 4.78 is 0. The molecule has 0 saturated carbocycles. The summed E-state index contributed by atoms with van der Waals surface area (Å²) in [6.07, 6.45) is 0. The molecule has 7 aromatic rings. The fourth-order valence-corrected chi connectivity index (χ4v) is 9.47. The second kappa shape index (κ2) is 9.97. The molecular weight excluding hydrogens is 539 g/mol. The second-order valence-electron chi connectivity index (χ2n) is 11.7. The van der Waals surface area contributed by atoms with Crippen LogP contribution in [0.3, 0.4) is 0 Å². The van der Waals surface area contributed by atoms with Gasteiger partial charge in [-0.05, 0) is 49.5 Å². The molecule has 1 aliphatic rings. The van der Waals surface area contributed by atoms with Crippen LogP contribution < -0.4 is 10.4 Å². The molecule has 6 aromatic carbocycles. The molecule has 0 spiro atoms. The monoisotopic (exact) mass is 567 g/mol. The molecule has 8 rings (SSSR count). The van der Waals surface area contributed by atoms with E-state index in [4.69, 9.17) is 15.0 Å². The van der Waals surface area contributed by atoms with Crippen LogP contribution in [-0.2, 0) is 0 Å². The van der Waals surface area contributed by atoms with Crippen LogP contribution in [0.4, 0.5) is 0 Å². The Morgan fingerprint density at radius 1 is 0.372 bits per heavy atom. The van der Waals surface area contributed by atoms with Gasteiger partial charge in [0.2, 0.25) is 0 Å². The van der Waals surface area contributed by atoms with Gasteiger partial charge in [0, 0.05) is 16.7 Å². The molecule has 0 N–H and O–H groups in total. The van der Waals surface area contributed by atoms with Gasteiger partial charge in [-0.15, -0.1) is 0 Å².